The van der Waals surface area contributed by atoms with Crippen LogP contribution in [-0.4, -0.2) is 31.5 Å². The van der Waals surface area contributed by atoms with Crippen molar-refractivity contribution in [1.29, 1.82) is 0 Å². The molecule has 1 atom stereocenters. The highest BCUT2D eigenvalue weighted by atomic mass is 16.1. The van der Waals surface area contributed by atoms with Gasteiger partial charge in [0.05, 0.1) is 12.6 Å². The van der Waals surface area contributed by atoms with Crippen molar-refractivity contribution in [3.8, 4) is 0 Å². The molecule has 0 radical (unpaired) electrons. The SMILES string of the molecule is O=C(CN1CCc2ccccc21)C1CCN1. The molecule has 1 aromatic rings. The lowest BCUT2D eigenvalue weighted by atomic mass is 10.0. The Bertz CT molecular complexity index is 412. The lowest BCUT2D eigenvalue weighted by Gasteiger charge is -2.28. The van der Waals surface area contributed by atoms with Gasteiger partial charge in [-0.2, -0.15) is 0 Å². The van der Waals surface area contributed by atoms with Crippen molar-refractivity contribution < 1.29 is 4.79 Å². The number of fused-ring (bicyclic) bond motifs is 1. The van der Waals surface area contributed by atoms with Crippen LogP contribution in [0.4, 0.5) is 5.69 Å². The van der Waals surface area contributed by atoms with Gasteiger partial charge in [0.15, 0.2) is 5.78 Å². The minimum atomic E-state index is 0.118. The summed E-state index contributed by atoms with van der Waals surface area (Å²) in [4.78, 5) is 14.1. The van der Waals surface area contributed by atoms with Gasteiger partial charge >= 0.3 is 0 Å². The molecule has 0 amide bonds. The van der Waals surface area contributed by atoms with Crippen LogP contribution < -0.4 is 10.2 Å². The molecule has 0 bridgehead atoms. The third kappa shape index (κ3) is 1.61. The zero-order valence-electron chi connectivity index (χ0n) is 9.28. The average molecular weight is 216 g/mol. The molecule has 0 saturated carbocycles. The summed E-state index contributed by atoms with van der Waals surface area (Å²) >= 11 is 0. The van der Waals surface area contributed by atoms with Gasteiger partial charge in [-0.25, -0.2) is 0 Å². The van der Waals surface area contributed by atoms with Gasteiger partial charge in [0, 0.05) is 12.2 Å². The first-order valence-electron chi connectivity index (χ1n) is 5.93. The number of Topliss-reactive ketones (excluding diaryl/α,β-unsaturated/α-hetero) is 1. The molecule has 3 rings (SSSR count). The normalized spacial score (nSPS) is 22.8. The van der Waals surface area contributed by atoms with Gasteiger partial charge in [-0.1, -0.05) is 18.2 Å². The smallest absolute Gasteiger partial charge is 0.168 e. The van der Waals surface area contributed by atoms with Crippen molar-refractivity contribution in [2.75, 3.05) is 24.5 Å². The summed E-state index contributed by atoms with van der Waals surface area (Å²) in [5.74, 6) is 0.336. The zero-order chi connectivity index (χ0) is 11.0. The molecule has 16 heavy (non-hydrogen) atoms. The van der Waals surface area contributed by atoms with E-state index in [1.807, 2.05) is 6.07 Å². The molecule has 1 saturated heterocycles. The molecule has 2 aliphatic rings. The number of nitrogens with zero attached hydrogens (tertiary/aromatic N) is 1. The number of carbonyl (C=O) groups excluding carboxylic acids is 1. The van der Waals surface area contributed by atoms with Crippen molar-refractivity contribution in [2.24, 2.45) is 0 Å². The summed E-state index contributed by atoms with van der Waals surface area (Å²) in [6.07, 6.45) is 2.08. The third-order valence-corrected chi connectivity index (χ3v) is 3.54. The fourth-order valence-electron chi connectivity index (χ4n) is 2.43. The molecule has 1 fully saturated rings. The maximum absolute atomic E-state index is 11.9. The highest BCUT2D eigenvalue weighted by molar-refractivity contribution is 5.89. The average Bonchev–Trinajstić information content (AvgIpc) is 2.59. The molecular formula is C13H16N2O. The predicted molar refractivity (Wildman–Crippen MR) is 63.8 cm³/mol. The second kappa shape index (κ2) is 3.91. The van der Waals surface area contributed by atoms with E-state index in [2.05, 4.69) is 28.4 Å². The Balaban J connectivity index is 1.70. The molecule has 84 valence electrons. The summed E-state index contributed by atoms with van der Waals surface area (Å²) in [6.45, 7) is 2.54. The molecule has 3 heteroatoms. The van der Waals surface area contributed by atoms with Crippen molar-refractivity contribution in [3.05, 3.63) is 29.8 Å². The first-order chi connectivity index (χ1) is 7.84. The number of carbonyl (C=O) groups is 1. The highest BCUT2D eigenvalue weighted by Crippen LogP contribution is 2.27. The molecule has 3 nitrogen and oxygen atoms in total. The second-order valence-electron chi connectivity index (χ2n) is 4.56. The fourth-order valence-corrected chi connectivity index (χ4v) is 2.43. The van der Waals surface area contributed by atoms with Crippen LogP contribution in [0.25, 0.3) is 0 Å². The monoisotopic (exact) mass is 216 g/mol. The molecule has 1 N–H and O–H groups in total. The molecule has 0 aromatic heterocycles. The quantitative estimate of drug-likeness (QED) is 0.817. The lowest BCUT2D eigenvalue weighted by Crippen LogP contribution is -2.51. The molecule has 2 aliphatic heterocycles. The number of hydrogen-bond acceptors (Lipinski definition) is 3. The Hall–Kier alpha value is -1.35. The number of nitrogens with one attached hydrogen (secondary N) is 1. The summed E-state index contributed by atoms with van der Waals surface area (Å²) in [7, 11) is 0. The van der Waals surface area contributed by atoms with E-state index in [0.717, 1.165) is 25.9 Å². The summed E-state index contributed by atoms with van der Waals surface area (Å²) < 4.78 is 0. The number of para-hydroxylation sites is 1. The van der Waals surface area contributed by atoms with E-state index in [1.165, 1.54) is 11.3 Å². The van der Waals surface area contributed by atoms with Crippen LogP contribution >= 0.6 is 0 Å². The Morgan fingerprint density at radius 1 is 1.44 bits per heavy atom. The predicted octanol–water partition coefficient (Wildman–Crippen LogP) is 0.980. The van der Waals surface area contributed by atoms with E-state index < -0.39 is 0 Å². The molecule has 0 spiro atoms. The number of benzene rings is 1. The van der Waals surface area contributed by atoms with E-state index >= 15 is 0 Å². The van der Waals surface area contributed by atoms with Crippen LogP contribution in [0, 0.1) is 0 Å². The summed E-state index contributed by atoms with van der Waals surface area (Å²) in [5, 5.41) is 3.17. The first-order valence-corrected chi connectivity index (χ1v) is 5.93. The second-order valence-corrected chi connectivity index (χ2v) is 4.56. The van der Waals surface area contributed by atoms with Crippen LogP contribution in [0.2, 0.25) is 0 Å². The van der Waals surface area contributed by atoms with Crippen LogP contribution in [0.5, 0.6) is 0 Å². The summed E-state index contributed by atoms with van der Waals surface area (Å²) in [5.41, 5.74) is 2.62. The van der Waals surface area contributed by atoms with Crippen LogP contribution in [-0.2, 0) is 11.2 Å². The van der Waals surface area contributed by atoms with Crippen LogP contribution in [0.15, 0.2) is 24.3 Å². The van der Waals surface area contributed by atoms with Crippen LogP contribution in [0.3, 0.4) is 0 Å². The highest BCUT2D eigenvalue weighted by Gasteiger charge is 2.28. The first kappa shape index (κ1) is 9.85. The van der Waals surface area contributed by atoms with Crippen molar-refractivity contribution in [3.63, 3.8) is 0 Å². The Morgan fingerprint density at radius 3 is 3.00 bits per heavy atom. The van der Waals surface area contributed by atoms with Crippen molar-refractivity contribution >= 4 is 11.5 Å². The fraction of sp³-hybridized carbons (Fsp3) is 0.462. The molecule has 1 aromatic carbocycles. The Labute approximate surface area is 95.4 Å². The van der Waals surface area contributed by atoms with E-state index in [0.29, 0.717) is 12.3 Å². The largest absolute Gasteiger partial charge is 0.364 e. The van der Waals surface area contributed by atoms with Crippen molar-refractivity contribution in [2.45, 2.75) is 18.9 Å². The topological polar surface area (TPSA) is 32.3 Å². The van der Waals surface area contributed by atoms with Gasteiger partial charge in [-0.3, -0.25) is 4.79 Å². The lowest BCUT2D eigenvalue weighted by molar-refractivity contribution is -0.121. The minimum absolute atomic E-state index is 0.118. The van der Waals surface area contributed by atoms with Gasteiger partial charge in [-0.15, -0.1) is 0 Å². The number of rotatable bonds is 3. The van der Waals surface area contributed by atoms with E-state index in [4.69, 9.17) is 0 Å². The molecule has 1 unspecified atom stereocenters. The van der Waals surface area contributed by atoms with Crippen LogP contribution in [0.1, 0.15) is 12.0 Å². The van der Waals surface area contributed by atoms with E-state index in [1.54, 1.807) is 0 Å². The zero-order valence-corrected chi connectivity index (χ0v) is 9.28. The molecular weight excluding hydrogens is 200 g/mol. The Kier molecular flexibility index (Phi) is 2.40. The third-order valence-electron chi connectivity index (χ3n) is 3.54. The van der Waals surface area contributed by atoms with Gasteiger partial charge in [-0.05, 0) is 31.0 Å². The standard InChI is InChI=1S/C13H16N2O/c16-13(11-5-7-14-11)9-15-8-6-10-3-1-2-4-12(10)15/h1-4,11,14H,5-9H2. The number of anilines is 1. The van der Waals surface area contributed by atoms with Crippen molar-refractivity contribution in [1.82, 2.24) is 5.32 Å². The minimum Gasteiger partial charge on any atom is -0.364 e. The molecule has 2 heterocycles. The van der Waals surface area contributed by atoms with E-state index in [9.17, 15) is 4.79 Å². The van der Waals surface area contributed by atoms with E-state index in [-0.39, 0.29) is 6.04 Å². The molecule has 0 aliphatic carbocycles. The Morgan fingerprint density at radius 2 is 2.25 bits per heavy atom. The van der Waals surface area contributed by atoms with Gasteiger partial charge in [0.1, 0.15) is 0 Å². The maximum atomic E-state index is 11.9. The van der Waals surface area contributed by atoms with Gasteiger partial charge < -0.3 is 10.2 Å². The summed E-state index contributed by atoms with van der Waals surface area (Å²) in [6, 6.07) is 8.50. The van der Waals surface area contributed by atoms with Gasteiger partial charge in [0.2, 0.25) is 0 Å². The number of hydrogen-bond donors (Lipinski definition) is 1. The van der Waals surface area contributed by atoms with Gasteiger partial charge in [0.25, 0.3) is 0 Å². The maximum Gasteiger partial charge on any atom is 0.168 e. The number of ketones is 1.